The molecule has 3 rings (SSSR count). The second-order valence-corrected chi connectivity index (χ2v) is 4.64. The zero-order valence-electron chi connectivity index (χ0n) is 9.33. The van der Waals surface area contributed by atoms with E-state index in [-0.39, 0.29) is 5.91 Å². The van der Waals surface area contributed by atoms with Crippen LogP contribution in [0, 0.1) is 0 Å². The summed E-state index contributed by atoms with van der Waals surface area (Å²) < 4.78 is 0. The van der Waals surface area contributed by atoms with E-state index < -0.39 is 0 Å². The Morgan fingerprint density at radius 2 is 2.00 bits per heavy atom. The molecule has 1 saturated carbocycles. The summed E-state index contributed by atoms with van der Waals surface area (Å²) in [6, 6.07) is 0. The van der Waals surface area contributed by atoms with Gasteiger partial charge in [0.2, 0.25) is 0 Å². The van der Waals surface area contributed by atoms with Crippen molar-refractivity contribution >= 4 is 5.91 Å². The molecule has 4 heteroatoms. The maximum absolute atomic E-state index is 12.3. The number of nitrogens with one attached hydrogen (secondary N) is 2. The van der Waals surface area contributed by atoms with E-state index in [1.807, 2.05) is 17.3 Å². The number of hydrogen-bond donors (Lipinski definition) is 2. The second-order valence-electron chi connectivity index (χ2n) is 4.64. The van der Waals surface area contributed by atoms with Crippen molar-refractivity contribution in [1.82, 2.24) is 15.2 Å². The summed E-state index contributed by atoms with van der Waals surface area (Å²) in [5.74, 6) is 0.831. The summed E-state index contributed by atoms with van der Waals surface area (Å²) in [6.07, 6.45) is 6.32. The van der Waals surface area contributed by atoms with E-state index in [0.717, 1.165) is 31.7 Å². The third kappa shape index (κ3) is 1.73. The SMILES string of the molecule is O=C(c1c[nH]cc1C1CC1)N1CCNCC1. The fourth-order valence-electron chi connectivity index (χ4n) is 2.33. The minimum Gasteiger partial charge on any atom is -0.367 e. The highest BCUT2D eigenvalue weighted by atomic mass is 16.2. The van der Waals surface area contributed by atoms with E-state index in [2.05, 4.69) is 10.3 Å². The molecule has 0 unspecified atom stereocenters. The van der Waals surface area contributed by atoms with E-state index in [1.165, 1.54) is 18.4 Å². The standard InChI is InChI=1S/C12H17N3O/c16-12(15-5-3-13-4-6-15)11-8-14-7-10(11)9-1-2-9/h7-9,13-14H,1-6H2. The van der Waals surface area contributed by atoms with Gasteiger partial charge in [0, 0.05) is 38.6 Å². The molecule has 0 spiro atoms. The van der Waals surface area contributed by atoms with Crippen molar-refractivity contribution < 1.29 is 4.79 Å². The van der Waals surface area contributed by atoms with E-state index in [9.17, 15) is 4.79 Å². The highest BCUT2D eigenvalue weighted by Gasteiger charge is 2.30. The minimum atomic E-state index is 0.199. The van der Waals surface area contributed by atoms with Crippen LogP contribution >= 0.6 is 0 Å². The normalized spacial score (nSPS) is 21.1. The van der Waals surface area contributed by atoms with Gasteiger partial charge in [0.1, 0.15) is 0 Å². The Hall–Kier alpha value is -1.29. The molecular weight excluding hydrogens is 202 g/mol. The molecule has 2 aliphatic rings. The van der Waals surface area contributed by atoms with Crippen molar-refractivity contribution in [2.24, 2.45) is 0 Å². The van der Waals surface area contributed by atoms with Crippen LogP contribution in [0.5, 0.6) is 0 Å². The van der Waals surface area contributed by atoms with Gasteiger partial charge in [-0.1, -0.05) is 0 Å². The summed E-state index contributed by atoms with van der Waals surface area (Å²) in [4.78, 5) is 17.3. The zero-order valence-corrected chi connectivity index (χ0v) is 9.33. The van der Waals surface area contributed by atoms with Gasteiger partial charge in [-0.25, -0.2) is 0 Å². The molecule has 1 saturated heterocycles. The van der Waals surface area contributed by atoms with Crippen LogP contribution in [0.3, 0.4) is 0 Å². The summed E-state index contributed by atoms with van der Waals surface area (Å²) in [6.45, 7) is 3.48. The monoisotopic (exact) mass is 219 g/mol. The first kappa shape index (κ1) is 9.90. The van der Waals surface area contributed by atoms with Crippen molar-refractivity contribution in [3.05, 3.63) is 23.5 Å². The highest BCUT2D eigenvalue weighted by molar-refractivity contribution is 5.96. The summed E-state index contributed by atoms with van der Waals surface area (Å²) in [5.41, 5.74) is 2.12. The average Bonchev–Trinajstić information content (AvgIpc) is 3.07. The maximum atomic E-state index is 12.3. The summed E-state index contributed by atoms with van der Waals surface area (Å²) >= 11 is 0. The lowest BCUT2D eigenvalue weighted by atomic mass is 10.1. The van der Waals surface area contributed by atoms with Gasteiger partial charge in [-0.3, -0.25) is 4.79 Å². The van der Waals surface area contributed by atoms with Crippen molar-refractivity contribution in [2.75, 3.05) is 26.2 Å². The lowest BCUT2D eigenvalue weighted by Crippen LogP contribution is -2.46. The van der Waals surface area contributed by atoms with Crippen LogP contribution in [-0.2, 0) is 0 Å². The molecule has 1 aromatic rings. The predicted octanol–water partition coefficient (Wildman–Crippen LogP) is 0.937. The van der Waals surface area contributed by atoms with Crippen LogP contribution < -0.4 is 5.32 Å². The minimum absolute atomic E-state index is 0.199. The number of carbonyl (C=O) groups is 1. The molecule has 16 heavy (non-hydrogen) atoms. The Bertz CT molecular complexity index is 389. The van der Waals surface area contributed by atoms with Gasteiger partial charge in [0.05, 0.1) is 5.56 Å². The van der Waals surface area contributed by atoms with Crippen LogP contribution in [0.15, 0.2) is 12.4 Å². The van der Waals surface area contributed by atoms with Crippen LogP contribution in [0.2, 0.25) is 0 Å². The van der Waals surface area contributed by atoms with Crippen LogP contribution in [0.4, 0.5) is 0 Å². The molecule has 2 fully saturated rings. The molecule has 1 aliphatic heterocycles. The fraction of sp³-hybridized carbons (Fsp3) is 0.583. The largest absolute Gasteiger partial charge is 0.367 e. The molecule has 86 valence electrons. The third-order valence-corrected chi connectivity index (χ3v) is 3.43. The molecule has 1 aromatic heterocycles. The number of rotatable bonds is 2. The molecule has 2 heterocycles. The molecular formula is C12H17N3O. The summed E-state index contributed by atoms with van der Waals surface area (Å²) in [5, 5.41) is 3.26. The van der Waals surface area contributed by atoms with E-state index in [1.54, 1.807) is 0 Å². The molecule has 0 atom stereocenters. The molecule has 0 bridgehead atoms. The molecule has 0 aromatic carbocycles. The predicted molar refractivity (Wildman–Crippen MR) is 61.5 cm³/mol. The van der Waals surface area contributed by atoms with Gasteiger partial charge in [-0.15, -0.1) is 0 Å². The Balaban J connectivity index is 1.79. The first-order chi connectivity index (χ1) is 7.86. The fourth-order valence-corrected chi connectivity index (χ4v) is 2.33. The number of hydrogen-bond acceptors (Lipinski definition) is 2. The summed E-state index contributed by atoms with van der Waals surface area (Å²) in [7, 11) is 0. The van der Waals surface area contributed by atoms with Crippen molar-refractivity contribution in [3.8, 4) is 0 Å². The molecule has 0 radical (unpaired) electrons. The van der Waals surface area contributed by atoms with Gasteiger partial charge in [0.25, 0.3) is 5.91 Å². The highest BCUT2D eigenvalue weighted by Crippen LogP contribution is 2.41. The molecule has 4 nitrogen and oxygen atoms in total. The van der Waals surface area contributed by atoms with Gasteiger partial charge < -0.3 is 15.2 Å². The molecule has 2 N–H and O–H groups in total. The van der Waals surface area contributed by atoms with E-state index in [0.29, 0.717) is 5.92 Å². The Labute approximate surface area is 95.0 Å². The topological polar surface area (TPSA) is 48.1 Å². The molecule has 1 aliphatic carbocycles. The average molecular weight is 219 g/mol. The number of carbonyl (C=O) groups excluding carboxylic acids is 1. The first-order valence-corrected chi connectivity index (χ1v) is 6.03. The zero-order chi connectivity index (χ0) is 11.0. The van der Waals surface area contributed by atoms with Crippen molar-refractivity contribution in [3.63, 3.8) is 0 Å². The van der Waals surface area contributed by atoms with E-state index >= 15 is 0 Å². The number of piperazine rings is 1. The Morgan fingerprint density at radius 3 is 2.69 bits per heavy atom. The maximum Gasteiger partial charge on any atom is 0.255 e. The number of amides is 1. The van der Waals surface area contributed by atoms with Crippen LogP contribution in [-0.4, -0.2) is 42.0 Å². The Morgan fingerprint density at radius 1 is 1.25 bits per heavy atom. The lowest BCUT2D eigenvalue weighted by molar-refractivity contribution is 0.0735. The van der Waals surface area contributed by atoms with Gasteiger partial charge in [0.15, 0.2) is 0 Å². The van der Waals surface area contributed by atoms with Gasteiger partial charge >= 0.3 is 0 Å². The van der Waals surface area contributed by atoms with Gasteiger partial charge in [-0.05, 0) is 24.3 Å². The number of nitrogens with zero attached hydrogens (tertiary/aromatic N) is 1. The second kappa shape index (κ2) is 3.94. The number of aromatic nitrogens is 1. The quantitative estimate of drug-likeness (QED) is 0.777. The number of H-pyrrole nitrogens is 1. The third-order valence-electron chi connectivity index (χ3n) is 3.43. The van der Waals surface area contributed by atoms with E-state index in [4.69, 9.17) is 0 Å². The lowest BCUT2D eigenvalue weighted by Gasteiger charge is -2.27. The molecule has 1 amide bonds. The van der Waals surface area contributed by atoms with Gasteiger partial charge in [-0.2, -0.15) is 0 Å². The number of aromatic amines is 1. The van der Waals surface area contributed by atoms with Crippen LogP contribution in [0.1, 0.15) is 34.7 Å². The van der Waals surface area contributed by atoms with Crippen LogP contribution in [0.25, 0.3) is 0 Å². The van der Waals surface area contributed by atoms with Crippen molar-refractivity contribution in [2.45, 2.75) is 18.8 Å². The first-order valence-electron chi connectivity index (χ1n) is 6.03. The Kier molecular flexibility index (Phi) is 2.44. The van der Waals surface area contributed by atoms with Crippen molar-refractivity contribution in [1.29, 1.82) is 0 Å². The smallest absolute Gasteiger partial charge is 0.255 e.